The van der Waals surface area contributed by atoms with Crippen LogP contribution in [-0.2, 0) is 6.42 Å². The second kappa shape index (κ2) is 7.27. The van der Waals surface area contributed by atoms with Crippen molar-refractivity contribution in [2.24, 2.45) is 0 Å². The number of halogens is 3. The number of rotatable bonds is 5. The second-order valence-electron chi connectivity index (χ2n) is 5.72. The van der Waals surface area contributed by atoms with Gasteiger partial charge in [-0.05, 0) is 18.4 Å². The van der Waals surface area contributed by atoms with Gasteiger partial charge in [-0.15, -0.1) is 0 Å². The lowest BCUT2D eigenvalue weighted by atomic mass is 10.00. The van der Waals surface area contributed by atoms with E-state index in [-0.39, 0.29) is 12.6 Å². The predicted molar refractivity (Wildman–Crippen MR) is 78.3 cm³/mol. The molecule has 0 bridgehead atoms. The van der Waals surface area contributed by atoms with E-state index >= 15 is 0 Å². The van der Waals surface area contributed by atoms with Gasteiger partial charge in [-0.2, -0.15) is 13.2 Å². The van der Waals surface area contributed by atoms with Crippen molar-refractivity contribution in [2.45, 2.75) is 44.4 Å². The van der Waals surface area contributed by atoms with Crippen LogP contribution >= 0.6 is 0 Å². The van der Waals surface area contributed by atoms with E-state index in [2.05, 4.69) is 12.2 Å². The molecule has 1 aromatic carbocycles. The summed E-state index contributed by atoms with van der Waals surface area (Å²) in [5.41, 5.74) is 1.18. The van der Waals surface area contributed by atoms with Crippen LogP contribution in [0.2, 0.25) is 0 Å². The number of alkyl halides is 3. The first kappa shape index (κ1) is 16.3. The Morgan fingerprint density at radius 2 is 1.95 bits per heavy atom. The topological polar surface area (TPSA) is 15.3 Å². The van der Waals surface area contributed by atoms with Crippen LogP contribution in [0.3, 0.4) is 0 Å². The lowest BCUT2D eigenvalue weighted by Crippen LogP contribution is -2.57. The molecule has 0 spiro atoms. The minimum absolute atomic E-state index is 0.0964. The van der Waals surface area contributed by atoms with Gasteiger partial charge in [0.25, 0.3) is 0 Å². The van der Waals surface area contributed by atoms with Crippen LogP contribution in [-0.4, -0.2) is 42.8 Å². The monoisotopic (exact) mass is 300 g/mol. The third-order valence-corrected chi connectivity index (χ3v) is 4.10. The average Bonchev–Trinajstić information content (AvgIpc) is 2.46. The summed E-state index contributed by atoms with van der Waals surface area (Å²) in [4.78, 5) is 2.01. The van der Waals surface area contributed by atoms with Crippen molar-refractivity contribution < 1.29 is 13.2 Å². The number of hydrogen-bond donors (Lipinski definition) is 1. The Labute approximate surface area is 124 Å². The number of nitrogens with zero attached hydrogens (tertiary/aromatic N) is 1. The highest BCUT2D eigenvalue weighted by Crippen LogP contribution is 2.22. The first-order valence-electron chi connectivity index (χ1n) is 7.56. The molecule has 21 heavy (non-hydrogen) atoms. The van der Waals surface area contributed by atoms with Crippen molar-refractivity contribution in [1.29, 1.82) is 0 Å². The molecule has 2 nitrogen and oxygen atoms in total. The number of benzene rings is 1. The fraction of sp³-hybridized carbons (Fsp3) is 0.625. The molecule has 0 amide bonds. The quantitative estimate of drug-likeness (QED) is 0.898. The molecule has 1 N–H and O–H groups in total. The van der Waals surface area contributed by atoms with Gasteiger partial charge < -0.3 is 5.32 Å². The van der Waals surface area contributed by atoms with Crippen LogP contribution in [0.4, 0.5) is 13.2 Å². The van der Waals surface area contributed by atoms with Crippen LogP contribution in [0.5, 0.6) is 0 Å². The predicted octanol–water partition coefficient (Wildman–Crippen LogP) is 3.23. The molecule has 118 valence electrons. The number of nitrogens with one attached hydrogen (secondary N) is 1. The molecule has 1 aliphatic rings. The summed E-state index contributed by atoms with van der Waals surface area (Å²) in [5, 5.41) is 3.44. The third-order valence-electron chi connectivity index (χ3n) is 4.10. The lowest BCUT2D eigenvalue weighted by molar-refractivity contribution is -0.140. The summed E-state index contributed by atoms with van der Waals surface area (Å²) in [6.45, 7) is 3.62. The Morgan fingerprint density at radius 3 is 2.57 bits per heavy atom. The van der Waals surface area contributed by atoms with Crippen molar-refractivity contribution in [3.05, 3.63) is 35.9 Å². The van der Waals surface area contributed by atoms with Crippen LogP contribution in [0.25, 0.3) is 0 Å². The summed E-state index contributed by atoms with van der Waals surface area (Å²) in [6, 6.07) is 10.4. The highest BCUT2D eigenvalue weighted by Gasteiger charge is 2.32. The zero-order valence-electron chi connectivity index (χ0n) is 12.4. The summed E-state index contributed by atoms with van der Waals surface area (Å²) in [6.07, 6.45) is -3.07. The molecular formula is C16H23F3N2. The first-order valence-corrected chi connectivity index (χ1v) is 7.56. The van der Waals surface area contributed by atoms with E-state index in [1.54, 1.807) is 0 Å². The lowest BCUT2D eigenvalue weighted by Gasteiger charge is -2.40. The van der Waals surface area contributed by atoms with Crippen LogP contribution < -0.4 is 5.32 Å². The molecule has 5 heteroatoms. The summed E-state index contributed by atoms with van der Waals surface area (Å²) < 4.78 is 37.5. The van der Waals surface area contributed by atoms with Gasteiger partial charge >= 0.3 is 6.18 Å². The largest absolute Gasteiger partial charge is 0.390 e. The van der Waals surface area contributed by atoms with Crippen LogP contribution in [0.15, 0.2) is 30.3 Å². The fourth-order valence-corrected chi connectivity index (χ4v) is 2.83. The van der Waals surface area contributed by atoms with Gasteiger partial charge in [0.1, 0.15) is 0 Å². The molecule has 2 unspecified atom stereocenters. The molecule has 1 aromatic rings. The van der Waals surface area contributed by atoms with Gasteiger partial charge in [0.2, 0.25) is 0 Å². The molecule has 1 aliphatic heterocycles. The molecule has 0 saturated carbocycles. The highest BCUT2D eigenvalue weighted by atomic mass is 19.4. The Balaban J connectivity index is 1.98. The van der Waals surface area contributed by atoms with Crippen molar-refractivity contribution in [1.82, 2.24) is 10.2 Å². The number of piperazine rings is 1. The van der Waals surface area contributed by atoms with Gasteiger partial charge in [-0.1, -0.05) is 37.3 Å². The van der Waals surface area contributed by atoms with Crippen molar-refractivity contribution in [3.8, 4) is 0 Å². The third kappa shape index (κ3) is 5.32. The van der Waals surface area contributed by atoms with Gasteiger partial charge in [0.15, 0.2) is 0 Å². The van der Waals surface area contributed by atoms with Crippen molar-refractivity contribution in [2.75, 3.05) is 19.6 Å². The molecule has 0 radical (unpaired) electrons. The zero-order chi connectivity index (χ0) is 15.3. The van der Waals surface area contributed by atoms with E-state index in [1.165, 1.54) is 5.56 Å². The van der Waals surface area contributed by atoms with E-state index < -0.39 is 12.6 Å². The fourth-order valence-electron chi connectivity index (χ4n) is 2.83. The Bertz CT molecular complexity index is 419. The van der Waals surface area contributed by atoms with E-state index in [9.17, 15) is 13.2 Å². The molecule has 2 rings (SSSR count). The van der Waals surface area contributed by atoms with Gasteiger partial charge in [-0.3, -0.25) is 4.90 Å². The van der Waals surface area contributed by atoms with E-state index in [1.807, 2.05) is 35.2 Å². The van der Waals surface area contributed by atoms with Gasteiger partial charge in [0, 0.05) is 31.7 Å². The second-order valence-corrected chi connectivity index (χ2v) is 5.72. The molecule has 0 aromatic heterocycles. The van der Waals surface area contributed by atoms with E-state index in [0.29, 0.717) is 12.6 Å². The van der Waals surface area contributed by atoms with E-state index in [4.69, 9.17) is 0 Å². The summed E-state index contributed by atoms with van der Waals surface area (Å²) in [7, 11) is 0. The minimum Gasteiger partial charge on any atom is -0.311 e. The summed E-state index contributed by atoms with van der Waals surface area (Å²) in [5.74, 6) is 0. The highest BCUT2D eigenvalue weighted by molar-refractivity contribution is 5.16. The molecular weight excluding hydrogens is 277 g/mol. The van der Waals surface area contributed by atoms with Gasteiger partial charge in [-0.25, -0.2) is 0 Å². The van der Waals surface area contributed by atoms with Crippen molar-refractivity contribution >= 4 is 0 Å². The Morgan fingerprint density at radius 1 is 1.24 bits per heavy atom. The maximum Gasteiger partial charge on any atom is 0.390 e. The maximum absolute atomic E-state index is 12.5. The minimum atomic E-state index is -4.08. The first-order chi connectivity index (χ1) is 9.98. The average molecular weight is 300 g/mol. The maximum atomic E-state index is 12.5. The number of hydrogen-bond acceptors (Lipinski definition) is 2. The Hall–Kier alpha value is -1.07. The molecule has 1 saturated heterocycles. The van der Waals surface area contributed by atoms with E-state index in [0.717, 1.165) is 19.4 Å². The van der Waals surface area contributed by atoms with Crippen LogP contribution in [0, 0.1) is 0 Å². The molecule has 0 aliphatic carbocycles. The molecule has 2 atom stereocenters. The smallest absolute Gasteiger partial charge is 0.311 e. The van der Waals surface area contributed by atoms with Gasteiger partial charge in [0.05, 0.1) is 6.42 Å². The standard InChI is InChI=1S/C16H23F3N2/c1-2-14-12-21(9-8-16(17,18)19)15(11-20-14)10-13-6-4-3-5-7-13/h3-7,14-15,20H,2,8-12H2,1H3. The van der Waals surface area contributed by atoms with Crippen LogP contribution in [0.1, 0.15) is 25.3 Å². The molecule has 1 fully saturated rings. The zero-order valence-corrected chi connectivity index (χ0v) is 12.4. The van der Waals surface area contributed by atoms with Crippen molar-refractivity contribution in [3.63, 3.8) is 0 Å². The normalized spacial score (nSPS) is 24.2. The SMILES string of the molecule is CCC1CN(CCC(F)(F)F)C(Cc2ccccc2)CN1. The summed E-state index contributed by atoms with van der Waals surface area (Å²) >= 11 is 0. The molecule has 1 heterocycles. The Kier molecular flexibility index (Phi) is 5.65.